The van der Waals surface area contributed by atoms with Gasteiger partial charge in [0.15, 0.2) is 0 Å². The molecule has 0 aromatic rings. The molecule has 2 nitrogen and oxygen atoms in total. The van der Waals surface area contributed by atoms with Gasteiger partial charge in [-0.05, 0) is 27.7 Å². The molecule has 1 aliphatic rings. The number of nitrogens with one attached hydrogen (secondary N) is 1. The Kier molecular flexibility index (Phi) is 1.88. The highest BCUT2D eigenvalue weighted by molar-refractivity contribution is 5.12. The van der Waals surface area contributed by atoms with Crippen LogP contribution in [0.25, 0.3) is 0 Å². The molecule has 0 atom stereocenters. The SMILES string of the molecule is CC1=C(C)N(C(C)C)CN1. The molecule has 0 saturated carbocycles. The first kappa shape index (κ1) is 7.45. The Balaban J connectivity index is 2.68. The molecule has 0 aromatic carbocycles. The summed E-state index contributed by atoms with van der Waals surface area (Å²) in [6.07, 6.45) is 0. The predicted octanol–water partition coefficient (Wildman–Crippen LogP) is 1.51. The van der Waals surface area contributed by atoms with Crippen LogP contribution in [0, 0.1) is 0 Å². The zero-order valence-electron chi connectivity index (χ0n) is 7.23. The quantitative estimate of drug-likeness (QED) is 0.594. The summed E-state index contributed by atoms with van der Waals surface area (Å²) < 4.78 is 0. The summed E-state index contributed by atoms with van der Waals surface area (Å²) in [6, 6.07) is 0.616. The van der Waals surface area contributed by atoms with Gasteiger partial charge >= 0.3 is 0 Å². The molecule has 0 fully saturated rings. The zero-order valence-corrected chi connectivity index (χ0v) is 7.23. The minimum atomic E-state index is 0.616. The molecule has 1 N–H and O–H groups in total. The Hall–Kier alpha value is -0.660. The van der Waals surface area contributed by atoms with E-state index in [2.05, 4.69) is 37.9 Å². The summed E-state index contributed by atoms with van der Waals surface area (Å²) >= 11 is 0. The number of hydrogen-bond acceptors (Lipinski definition) is 2. The van der Waals surface area contributed by atoms with Gasteiger partial charge in [-0.2, -0.15) is 0 Å². The smallest absolute Gasteiger partial charge is 0.0874 e. The summed E-state index contributed by atoms with van der Waals surface area (Å²) in [7, 11) is 0. The second kappa shape index (κ2) is 2.52. The zero-order chi connectivity index (χ0) is 7.72. The van der Waals surface area contributed by atoms with Crippen molar-refractivity contribution in [1.29, 1.82) is 0 Å². The van der Waals surface area contributed by atoms with E-state index >= 15 is 0 Å². The fourth-order valence-corrected chi connectivity index (χ4v) is 1.24. The summed E-state index contributed by atoms with van der Waals surface area (Å²) in [4.78, 5) is 2.36. The molecule has 0 spiro atoms. The van der Waals surface area contributed by atoms with Gasteiger partial charge in [-0.25, -0.2) is 0 Å². The largest absolute Gasteiger partial charge is 0.370 e. The maximum atomic E-state index is 3.31. The van der Waals surface area contributed by atoms with Crippen LogP contribution in [-0.2, 0) is 0 Å². The van der Waals surface area contributed by atoms with Crippen LogP contribution in [0.15, 0.2) is 11.4 Å². The van der Waals surface area contributed by atoms with Crippen molar-refractivity contribution in [3.05, 3.63) is 11.4 Å². The average Bonchev–Trinajstić information content (AvgIpc) is 2.14. The van der Waals surface area contributed by atoms with Gasteiger partial charge in [0, 0.05) is 17.4 Å². The van der Waals surface area contributed by atoms with Crippen LogP contribution in [0.1, 0.15) is 27.7 Å². The Morgan fingerprint density at radius 3 is 2.20 bits per heavy atom. The fraction of sp³-hybridized carbons (Fsp3) is 0.750. The van der Waals surface area contributed by atoms with Gasteiger partial charge in [-0.1, -0.05) is 0 Å². The molecule has 0 amide bonds. The molecule has 10 heavy (non-hydrogen) atoms. The lowest BCUT2D eigenvalue weighted by atomic mass is 10.3. The molecule has 1 aliphatic heterocycles. The molecule has 0 aliphatic carbocycles. The van der Waals surface area contributed by atoms with Crippen LogP contribution < -0.4 is 5.32 Å². The summed E-state index contributed by atoms with van der Waals surface area (Å²) in [6.45, 7) is 9.69. The van der Waals surface area contributed by atoms with E-state index in [1.54, 1.807) is 0 Å². The minimum Gasteiger partial charge on any atom is -0.370 e. The standard InChI is InChI=1S/C8H16N2/c1-6(2)10-5-9-7(3)8(10)4/h6,9H,5H2,1-4H3. The van der Waals surface area contributed by atoms with Crippen LogP contribution in [0.5, 0.6) is 0 Å². The van der Waals surface area contributed by atoms with Crippen molar-refractivity contribution >= 4 is 0 Å². The number of rotatable bonds is 1. The second-order valence-electron chi connectivity index (χ2n) is 3.11. The molecule has 0 aromatic heterocycles. The third-order valence-electron chi connectivity index (χ3n) is 2.11. The molecule has 1 rings (SSSR count). The fourth-order valence-electron chi connectivity index (χ4n) is 1.24. The van der Waals surface area contributed by atoms with E-state index in [0.717, 1.165) is 6.67 Å². The molecular weight excluding hydrogens is 124 g/mol. The highest BCUT2D eigenvalue weighted by atomic mass is 15.3. The molecule has 1 heterocycles. The normalized spacial score (nSPS) is 18.7. The van der Waals surface area contributed by atoms with Crippen molar-refractivity contribution in [2.75, 3.05) is 6.67 Å². The average molecular weight is 140 g/mol. The molecule has 58 valence electrons. The van der Waals surface area contributed by atoms with Gasteiger partial charge in [0.2, 0.25) is 0 Å². The van der Waals surface area contributed by atoms with Gasteiger partial charge < -0.3 is 10.2 Å². The first-order valence-corrected chi connectivity index (χ1v) is 3.81. The Morgan fingerprint density at radius 2 is 2.00 bits per heavy atom. The lowest BCUT2D eigenvalue weighted by molar-refractivity contribution is 0.301. The highest BCUT2D eigenvalue weighted by Gasteiger charge is 2.16. The third-order valence-corrected chi connectivity index (χ3v) is 2.11. The van der Waals surface area contributed by atoms with Gasteiger partial charge in [0.1, 0.15) is 0 Å². The third kappa shape index (κ3) is 1.11. The van der Waals surface area contributed by atoms with E-state index in [9.17, 15) is 0 Å². The van der Waals surface area contributed by atoms with Crippen molar-refractivity contribution in [2.24, 2.45) is 0 Å². The van der Waals surface area contributed by atoms with E-state index < -0.39 is 0 Å². The van der Waals surface area contributed by atoms with Crippen molar-refractivity contribution in [1.82, 2.24) is 10.2 Å². The monoisotopic (exact) mass is 140 g/mol. The number of hydrogen-bond donors (Lipinski definition) is 1. The van der Waals surface area contributed by atoms with Gasteiger partial charge in [0.25, 0.3) is 0 Å². The maximum Gasteiger partial charge on any atom is 0.0874 e. The van der Waals surface area contributed by atoms with Crippen molar-refractivity contribution in [3.8, 4) is 0 Å². The second-order valence-corrected chi connectivity index (χ2v) is 3.11. The molecule has 0 radical (unpaired) electrons. The van der Waals surface area contributed by atoms with Crippen molar-refractivity contribution < 1.29 is 0 Å². The van der Waals surface area contributed by atoms with Gasteiger partial charge in [0.05, 0.1) is 6.67 Å². The van der Waals surface area contributed by atoms with Crippen LogP contribution in [0.2, 0.25) is 0 Å². The van der Waals surface area contributed by atoms with Gasteiger partial charge in [-0.15, -0.1) is 0 Å². The Morgan fingerprint density at radius 1 is 1.40 bits per heavy atom. The topological polar surface area (TPSA) is 15.3 Å². The van der Waals surface area contributed by atoms with E-state index in [4.69, 9.17) is 0 Å². The summed E-state index contributed by atoms with van der Waals surface area (Å²) in [5, 5.41) is 3.31. The van der Waals surface area contributed by atoms with Crippen LogP contribution in [0.4, 0.5) is 0 Å². The Labute approximate surface area is 62.9 Å². The van der Waals surface area contributed by atoms with Crippen molar-refractivity contribution in [3.63, 3.8) is 0 Å². The Bertz CT molecular complexity index is 159. The van der Waals surface area contributed by atoms with Crippen LogP contribution in [-0.4, -0.2) is 17.6 Å². The highest BCUT2D eigenvalue weighted by Crippen LogP contribution is 2.15. The van der Waals surface area contributed by atoms with Gasteiger partial charge in [-0.3, -0.25) is 0 Å². The molecule has 0 saturated heterocycles. The first-order chi connectivity index (χ1) is 4.63. The predicted molar refractivity (Wildman–Crippen MR) is 43.4 cm³/mol. The molecular formula is C8H16N2. The first-order valence-electron chi connectivity index (χ1n) is 3.81. The molecule has 2 heteroatoms. The summed E-state index contributed by atoms with van der Waals surface area (Å²) in [5.41, 5.74) is 2.70. The molecule has 0 bridgehead atoms. The minimum absolute atomic E-state index is 0.616. The lowest BCUT2D eigenvalue weighted by Crippen LogP contribution is -2.29. The lowest BCUT2D eigenvalue weighted by Gasteiger charge is -2.23. The van der Waals surface area contributed by atoms with E-state index in [1.165, 1.54) is 11.4 Å². The van der Waals surface area contributed by atoms with Crippen LogP contribution in [0.3, 0.4) is 0 Å². The maximum absolute atomic E-state index is 3.31. The number of allylic oxidation sites excluding steroid dienone is 2. The molecule has 0 unspecified atom stereocenters. The van der Waals surface area contributed by atoms with E-state index in [1.807, 2.05) is 0 Å². The van der Waals surface area contributed by atoms with E-state index in [-0.39, 0.29) is 0 Å². The summed E-state index contributed by atoms with van der Waals surface area (Å²) in [5.74, 6) is 0. The van der Waals surface area contributed by atoms with E-state index in [0.29, 0.717) is 6.04 Å². The number of nitrogens with zero attached hydrogens (tertiary/aromatic N) is 1. The van der Waals surface area contributed by atoms with Crippen molar-refractivity contribution in [2.45, 2.75) is 33.7 Å². The van der Waals surface area contributed by atoms with Crippen LogP contribution >= 0.6 is 0 Å².